The van der Waals surface area contributed by atoms with Crippen LogP contribution in [0.5, 0.6) is 5.75 Å². The van der Waals surface area contributed by atoms with Gasteiger partial charge < -0.3 is 10.1 Å². The second kappa shape index (κ2) is 9.22. The Morgan fingerprint density at radius 1 is 1.28 bits per heavy atom. The summed E-state index contributed by atoms with van der Waals surface area (Å²) in [7, 11) is 0. The SMILES string of the molecule is CCNCc1cc(F)cc(OCCCSCC)c1. The Hall–Kier alpha value is -0.740. The summed E-state index contributed by atoms with van der Waals surface area (Å²) in [6.07, 6.45) is 0.998. The predicted octanol–water partition coefficient (Wildman–Crippen LogP) is 3.46. The van der Waals surface area contributed by atoms with Gasteiger partial charge in [0.25, 0.3) is 0 Å². The van der Waals surface area contributed by atoms with Gasteiger partial charge in [-0.25, -0.2) is 4.39 Å². The van der Waals surface area contributed by atoms with Crippen molar-refractivity contribution in [2.24, 2.45) is 0 Å². The van der Waals surface area contributed by atoms with Crippen molar-refractivity contribution in [3.05, 3.63) is 29.6 Å². The van der Waals surface area contributed by atoms with E-state index in [0.717, 1.165) is 30.0 Å². The molecule has 2 nitrogen and oxygen atoms in total. The van der Waals surface area contributed by atoms with Crippen LogP contribution in [-0.4, -0.2) is 24.7 Å². The number of thioether (sulfide) groups is 1. The lowest BCUT2D eigenvalue weighted by atomic mass is 10.2. The molecule has 0 aliphatic heterocycles. The molecular formula is C14H22FNOS. The lowest BCUT2D eigenvalue weighted by Crippen LogP contribution is -2.12. The summed E-state index contributed by atoms with van der Waals surface area (Å²) >= 11 is 1.90. The second-order valence-corrected chi connectivity index (χ2v) is 5.37. The van der Waals surface area contributed by atoms with E-state index in [4.69, 9.17) is 4.74 Å². The minimum absolute atomic E-state index is 0.233. The van der Waals surface area contributed by atoms with Crippen molar-refractivity contribution in [2.75, 3.05) is 24.7 Å². The number of halogens is 1. The number of hydrogen-bond acceptors (Lipinski definition) is 3. The number of rotatable bonds is 9. The smallest absolute Gasteiger partial charge is 0.127 e. The van der Waals surface area contributed by atoms with Gasteiger partial charge in [0.15, 0.2) is 0 Å². The van der Waals surface area contributed by atoms with Crippen molar-refractivity contribution in [3.8, 4) is 5.75 Å². The Morgan fingerprint density at radius 3 is 2.83 bits per heavy atom. The molecule has 0 bridgehead atoms. The van der Waals surface area contributed by atoms with Crippen LogP contribution in [0.1, 0.15) is 25.8 Å². The summed E-state index contributed by atoms with van der Waals surface area (Å²) in [5.41, 5.74) is 0.926. The molecule has 1 aromatic carbocycles. The number of benzene rings is 1. The Bertz CT molecular complexity index is 347. The third-order valence-corrected chi connectivity index (χ3v) is 3.40. The van der Waals surface area contributed by atoms with Gasteiger partial charge in [0, 0.05) is 12.6 Å². The Labute approximate surface area is 113 Å². The standard InChI is InChI=1S/C14H22FNOS/c1-3-16-11-12-8-13(15)10-14(9-12)17-6-5-7-18-4-2/h8-10,16H,3-7,11H2,1-2H3. The van der Waals surface area contributed by atoms with Crippen molar-refractivity contribution in [1.29, 1.82) is 0 Å². The Balaban J connectivity index is 2.41. The Morgan fingerprint density at radius 2 is 2.11 bits per heavy atom. The van der Waals surface area contributed by atoms with Gasteiger partial charge >= 0.3 is 0 Å². The van der Waals surface area contributed by atoms with E-state index < -0.39 is 0 Å². The van der Waals surface area contributed by atoms with Crippen LogP contribution >= 0.6 is 11.8 Å². The molecule has 0 heterocycles. The zero-order chi connectivity index (χ0) is 13.2. The lowest BCUT2D eigenvalue weighted by Gasteiger charge is -2.09. The van der Waals surface area contributed by atoms with E-state index in [1.165, 1.54) is 6.07 Å². The molecule has 0 amide bonds. The first-order valence-electron chi connectivity index (χ1n) is 6.47. The van der Waals surface area contributed by atoms with Gasteiger partial charge in [0.2, 0.25) is 0 Å². The maximum absolute atomic E-state index is 13.4. The van der Waals surface area contributed by atoms with Crippen molar-refractivity contribution in [3.63, 3.8) is 0 Å². The van der Waals surface area contributed by atoms with Crippen LogP contribution in [0, 0.1) is 5.82 Å². The molecule has 0 aromatic heterocycles. The van der Waals surface area contributed by atoms with Crippen LogP contribution < -0.4 is 10.1 Å². The normalized spacial score (nSPS) is 10.6. The summed E-state index contributed by atoms with van der Waals surface area (Å²) in [6, 6.07) is 4.89. The molecule has 1 aromatic rings. The summed E-state index contributed by atoms with van der Waals surface area (Å²) < 4.78 is 18.9. The highest BCUT2D eigenvalue weighted by molar-refractivity contribution is 7.99. The van der Waals surface area contributed by atoms with E-state index in [9.17, 15) is 4.39 Å². The highest BCUT2D eigenvalue weighted by Gasteiger charge is 2.01. The first-order valence-corrected chi connectivity index (χ1v) is 7.62. The molecule has 0 aliphatic rings. The van der Waals surface area contributed by atoms with Crippen LogP contribution in [0.3, 0.4) is 0 Å². The van der Waals surface area contributed by atoms with Gasteiger partial charge in [-0.2, -0.15) is 11.8 Å². The summed E-state index contributed by atoms with van der Waals surface area (Å²) in [6.45, 7) is 6.38. The number of ether oxygens (including phenoxy) is 1. The van der Waals surface area contributed by atoms with Gasteiger partial charge in [-0.15, -0.1) is 0 Å². The average Bonchev–Trinajstić information content (AvgIpc) is 2.35. The number of hydrogen-bond donors (Lipinski definition) is 1. The molecule has 4 heteroatoms. The largest absolute Gasteiger partial charge is 0.493 e. The molecule has 18 heavy (non-hydrogen) atoms. The molecule has 0 atom stereocenters. The third-order valence-electron chi connectivity index (χ3n) is 2.42. The summed E-state index contributed by atoms with van der Waals surface area (Å²) in [5, 5.41) is 3.18. The van der Waals surface area contributed by atoms with Gasteiger partial charge in [-0.3, -0.25) is 0 Å². The van der Waals surface area contributed by atoms with Crippen molar-refractivity contribution >= 4 is 11.8 Å². The summed E-state index contributed by atoms with van der Waals surface area (Å²) in [5.74, 6) is 2.62. The predicted molar refractivity (Wildman–Crippen MR) is 76.9 cm³/mol. The lowest BCUT2D eigenvalue weighted by molar-refractivity contribution is 0.316. The molecule has 0 saturated carbocycles. The van der Waals surface area contributed by atoms with E-state index in [-0.39, 0.29) is 5.82 Å². The highest BCUT2D eigenvalue weighted by Crippen LogP contribution is 2.17. The molecule has 102 valence electrons. The van der Waals surface area contributed by atoms with Crippen molar-refractivity contribution in [2.45, 2.75) is 26.8 Å². The van der Waals surface area contributed by atoms with E-state index >= 15 is 0 Å². The first kappa shape index (κ1) is 15.3. The molecule has 0 saturated heterocycles. The van der Waals surface area contributed by atoms with E-state index in [1.54, 1.807) is 6.07 Å². The van der Waals surface area contributed by atoms with Gasteiger partial charge in [0.05, 0.1) is 6.61 Å². The minimum atomic E-state index is -0.233. The maximum Gasteiger partial charge on any atom is 0.127 e. The van der Waals surface area contributed by atoms with Crippen LogP contribution in [0.25, 0.3) is 0 Å². The molecule has 1 rings (SSSR count). The van der Waals surface area contributed by atoms with E-state index in [2.05, 4.69) is 12.2 Å². The minimum Gasteiger partial charge on any atom is -0.493 e. The zero-order valence-electron chi connectivity index (χ0n) is 11.2. The van der Waals surface area contributed by atoms with Gasteiger partial charge in [0.1, 0.15) is 11.6 Å². The molecule has 0 spiro atoms. The molecule has 0 fully saturated rings. The molecule has 0 unspecified atom stereocenters. The third kappa shape index (κ3) is 6.26. The van der Waals surface area contributed by atoms with Crippen LogP contribution in [0.4, 0.5) is 4.39 Å². The zero-order valence-corrected chi connectivity index (χ0v) is 12.0. The fraction of sp³-hybridized carbons (Fsp3) is 0.571. The van der Waals surface area contributed by atoms with Crippen molar-refractivity contribution < 1.29 is 9.13 Å². The molecule has 0 radical (unpaired) electrons. The fourth-order valence-electron chi connectivity index (χ4n) is 1.57. The first-order chi connectivity index (χ1) is 8.76. The van der Waals surface area contributed by atoms with Crippen LogP contribution in [0.2, 0.25) is 0 Å². The van der Waals surface area contributed by atoms with E-state index in [0.29, 0.717) is 18.9 Å². The quantitative estimate of drug-likeness (QED) is 0.695. The van der Waals surface area contributed by atoms with Crippen molar-refractivity contribution in [1.82, 2.24) is 5.32 Å². The fourth-order valence-corrected chi connectivity index (χ4v) is 2.18. The highest BCUT2D eigenvalue weighted by atomic mass is 32.2. The topological polar surface area (TPSA) is 21.3 Å². The van der Waals surface area contributed by atoms with Crippen LogP contribution in [0.15, 0.2) is 18.2 Å². The number of nitrogens with one attached hydrogen (secondary N) is 1. The average molecular weight is 271 g/mol. The molecular weight excluding hydrogens is 249 g/mol. The molecule has 1 N–H and O–H groups in total. The maximum atomic E-state index is 13.4. The molecule has 0 aliphatic carbocycles. The summed E-state index contributed by atoms with van der Waals surface area (Å²) in [4.78, 5) is 0. The Kier molecular flexibility index (Phi) is 7.85. The van der Waals surface area contributed by atoms with Gasteiger partial charge in [-0.05, 0) is 42.2 Å². The van der Waals surface area contributed by atoms with Gasteiger partial charge in [-0.1, -0.05) is 13.8 Å². The monoisotopic (exact) mass is 271 g/mol. The second-order valence-electron chi connectivity index (χ2n) is 3.97. The van der Waals surface area contributed by atoms with E-state index in [1.807, 2.05) is 24.8 Å². The van der Waals surface area contributed by atoms with Crippen LogP contribution in [-0.2, 0) is 6.54 Å².